The topological polar surface area (TPSA) is 93.6 Å². The van der Waals surface area contributed by atoms with Gasteiger partial charge in [-0.2, -0.15) is 0 Å². The maximum Gasteiger partial charge on any atom is 0.354 e. The number of carbonyl (C=O) groups is 1. The number of nitrogens with one attached hydrogen (secondary N) is 1. The molecule has 1 saturated heterocycles. The van der Waals surface area contributed by atoms with Gasteiger partial charge < -0.3 is 19.9 Å². The van der Waals surface area contributed by atoms with Gasteiger partial charge >= 0.3 is 5.97 Å². The Morgan fingerprint density at radius 3 is 2.96 bits per heavy atom. The van der Waals surface area contributed by atoms with E-state index in [-0.39, 0.29) is 11.8 Å². The molecule has 2 N–H and O–H groups in total. The molecule has 0 aliphatic carbocycles. The van der Waals surface area contributed by atoms with Gasteiger partial charge in [0.15, 0.2) is 5.69 Å². The molecule has 7 heteroatoms. The van der Waals surface area contributed by atoms with E-state index in [9.17, 15) is 4.79 Å². The second kappa shape index (κ2) is 7.74. The molecule has 3 rings (SSSR count). The highest BCUT2D eigenvalue weighted by Gasteiger charge is 2.15. The fourth-order valence-electron chi connectivity index (χ4n) is 2.43. The van der Waals surface area contributed by atoms with Crippen molar-refractivity contribution in [2.24, 2.45) is 0 Å². The van der Waals surface area contributed by atoms with E-state index in [1.54, 1.807) is 18.3 Å². The van der Waals surface area contributed by atoms with Crippen molar-refractivity contribution in [1.82, 2.24) is 9.97 Å². The fraction of sp³-hybridized carbons (Fsp3) is 0.353. The Kier molecular flexibility index (Phi) is 5.22. The Balaban J connectivity index is 1.60. The van der Waals surface area contributed by atoms with Crippen LogP contribution < -0.4 is 10.1 Å². The first-order chi connectivity index (χ1) is 11.7. The van der Waals surface area contributed by atoms with E-state index in [1.165, 1.54) is 6.07 Å². The van der Waals surface area contributed by atoms with Crippen molar-refractivity contribution in [3.63, 3.8) is 0 Å². The van der Waals surface area contributed by atoms with E-state index >= 15 is 0 Å². The summed E-state index contributed by atoms with van der Waals surface area (Å²) >= 11 is 0. The number of aromatic nitrogens is 2. The molecular weight excluding hydrogens is 310 g/mol. The molecule has 2 aromatic rings. The monoisotopic (exact) mass is 329 g/mol. The smallest absolute Gasteiger partial charge is 0.354 e. The Hall–Kier alpha value is -2.67. The van der Waals surface area contributed by atoms with Crippen LogP contribution in [0.25, 0.3) is 0 Å². The van der Waals surface area contributed by atoms with Crippen LogP contribution in [0.5, 0.6) is 5.88 Å². The Morgan fingerprint density at radius 1 is 1.33 bits per heavy atom. The summed E-state index contributed by atoms with van der Waals surface area (Å²) in [5, 5.41) is 12.1. The maximum absolute atomic E-state index is 10.9. The number of nitrogens with zero attached hydrogens (tertiary/aromatic N) is 2. The first kappa shape index (κ1) is 16.2. The third kappa shape index (κ3) is 4.42. The Morgan fingerprint density at radius 2 is 2.17 bits per heavy atom. The fourth-order valence-corrected chi connectivity index (χ4v) is 2.43. The molecule has 0 unspecified atom stereocenters. The number of anilines is 1. The van der Waals surface area contributed by atoms with Crippen molar-refractivity contribution in [2.75, 3.05) is 18.5 Å². The average Bonchev–Trinajstić information content (AvgIpc) is 2.61. The van der Waals surface area contributed by atoms with Gasteiger partial charge in [-0.05, 0) is 23.8 Å². The van der Waals surface area contributed by atoms with Crippen molar-refractivity contribution < 1.29 is 19.4 Å². The molecule has 0 atom stereocenters. The molecular formula is C17H19N3O4. The maximum atomic E-state index is 10.9. The average molecular weight is 329 g/mol. The second-order valence-electron chi connectivity index (χ2n) is 5.50. The summed E-state index contributed by atoms with van der Waals surface area (Å²) in [6, 6.07) is 8.60. The number of hydrogen-bond donors (Lipinski definition) is 2. The molecule has 0 aromatic carbocycles. The molecule has 0 amide bonds. The number of pyridine rings is 2. The molecule has 2 aromatic heterocycles. The third-order valence-electron chi connectivity index (χ3n) is 3.70. The molecule has 3 heterocycles. The summed E-state index contributed by atoms with van der Waals surface area (Å²) in [6.45, 7) is 1.94. The lowest BCUT2D eigenvalue weighted by Gasteiger charge is -2.22. The minimum Gasteiger partial charge on any atom is -0.477 e. The largest absolute Gasteiger partial charge is 0.477 e. The second-order valence-corrected chi connectivity index (χ2v) is 5.50. The van der Waals surface area contributed by atoms with Crippen molar-refractivity contribution in [3.8, 4) is 5.88 Å². The quantitative estimate of drug-likeness (QED) is 0.840. The van der Waals surface area contributed by atoms with E-state index in [2.05, 4.69) is 15.3 Å². The van der Waals surface area contributed by atoms with Crippen LogP contribution in [0.1, 0.15) is 28.9 Å². The molecule has 126 valence electrons. The van der Waals surface area contributed by atoms with E-state index in [4.69, 9.17) is 14.6 Å². The zero-order valence-corrected chi connectivity index (χ0v) is 13.1. The normalized spacial score (nSPS) is 15.0. The highest BCUT2D eigenvalue weighted by Crippen LogP contribution is 2.17. The van der Waals surface area contributed by atoms with Crippen LogP contribution in [0.4, 0.5) is 5.82 Å². The summed E-state index contributed by atoms with van der Waals surface area (Å²) in [5.41, 5.74) is 0.993. The van der Waals surface area contributed by atoms with Gasteiger partial charge in [-0.3, -0.25) is 0 Å². The lowest BCUT2D eigenvalue weighted by Crippen LogP contribution is -2.26. The summed E-state index contributed by atoms with van der Waals surface area (Å²) in [4.78, 5) is 19.2. The number of aromatic carboxylic acids is 1. The van der Waals surface area contributed by atoms with Crippen molar-refractivity contribution in [1.29, 1.82) is 0 Å². The third-order valence-corrected chi connectivity index (χ3v) is 3.70. The molecule has 1 aliphatic rings. The number of carboxylic acid groups (broad SMARTS) is 1. The molecule has 0 bridgehead atoms. The van der Waals surface area contributed by atoms with Gasteiger partial charge in [0.25, 0.3) is 0 Å². The van der Waals surface area contributed by atoms with E-state index < -0.39 is 5.97 Å². The van der Waals surface area contributed by atoms with Gasteiger partial charge in [-0.15, -0.1) is 0 Å². The predicted octanol–water partition coefficient (Wildman–Crippen LogP) is 2.34. The highest BCUT2D eigenvalue weighted by molar-refractivity contribution is 5.85. The number of carboxylic acids is 1. The van der Waals surface area contributed by atoms with Crippen LogP contribution in [0, 0.1) is 0 Å². The van der Waals surface area contributed by atoms with Crippen LogP contribution in [0.2, 0.25) is 0 Å². The number of hydrogen-bond acceptors (Lipinski definition) is 6. The molecule has 24 heavy (non-hydrogen) atoms. The number of rotatable bonds is 6. The van der Waals surface area contributed by atoms with Crippen LogP contribution >= 0.6 is 0 Å². The Labute approximate surface area is 139 Å². The molecule has 1 fully saturated rings. The van der Waals surface area contributed by atoms with Crippen molar-refractivity contribution in [3.05, 3.63) is 47.8 Å². The minimum atomic E-state index is -1.05. The van der Waals surface area contributed by atoms with Crippen LogP contribution in [0.3, 0.4) is 0 Å². The van der Waals surface area contributed by atoms with E-state index in [1.807, 2.05) is 12.1 Å². The van der Waals surface area contributed by atoms with E-state index in [0.717, 1.165) is 31.6 Å². The minimum absolute atomic E-state index is 0.0123. The summed E-state index contributed by atoms with van der Waals surface area (Å²) in [5.74, 6) is 0.0572. The molecule has 0 saturated carbocycles. The molecule has 1 aliphatic heterocycles. The zero-order valence-electron chi connectivity index (χ0n) is 13.1. The summed E-state index contributed by atoms with van der Waals surface area (Å²) < 4.78 is 11.2. The highest BCUT2D eigenvalue weighted by atomic mass is 16.5. The summed E-state index contributed by atoms with van der Waals surface area (Å²) in [7, 11) is 0. The van der Waals surface area contributed by atoms with Gasteiger partial charge in [0.2, 0.25) is 5.88 Å². The van der Waals surface area contributed by atoms with Gasteiger partial charge in [0, 0.05) is 31.6 Å². The van der Waals surface area contributed by atoms with Crippen molar-refractivity contribution in [2.45, 2.75) is 25.5 Å². The summed E-state index contributed by atoms with van der Waals surface area (Å²) in [6.07, 6.45) is 3.59. The van der Waals surface area contributed by atoms with Crippen molar-refractivity contribution >= 4 is 11.8 Å². The number of ether oxygens (including phenoxy) is 2. The van der Waals surface area contributed by atoms with Crippen LogP contribution in [-0.4, -0.2) is 40.4 Å². The standard InChI is InChI=1S/C17H19N3O4/c21-17(22)14-2-1-3-15(20-14)19-11-12-4-7-18-16(10-12)24-13-5-8-23-9-6-13/h1-4,7,10,13H,5-6,8-9,11H2,(H,19,20)(H,21,22). The Bertz CT molecular complexity index is 702. The van der Waals surface area contributed by atoms with Crippen LogP contribution in [0.15, 0.2) is 36.5 Å². The van der Waals surface area contributed by atoms with Gasteiger partial charge in [-0.1, -0.05) is 6.07 Å². The van der Waals surface area contributed by atoms with Gasteiger partial charge in [0.05, 0.1) is 13.2 Å². The predicted molar refractivity (Wildman–Crippen MR) is 87.2 cm³/mol. The molecule has 0 radical (unpaired) electrons. The van der Waals surface area contributed by atoms with E-state index in [0.29, 0.717) is 18.2 Å². The molecule has 7 nitrogen and oxygen atoms in total. The first-order valence-electron chi connectivity index (χ1n) is 7.84. The van der Waals surface area contributed by atoms with Crippen LogP contribution in [-0.2, 0) is 11.3 Å². The van der Waals surface area contributed by atoms with Gasteiger partial charge in [0.1, 0.15) is 11.9 Å². The molecule has 0 spiro atoms. The lowest BCUT2D eigenvalue weighted by molar-refractivity contribution is 0.0237. The van der Waals surface area contributed by atoms with Gasteiger partial charge in [-0.25, -0.2) is 14.8 Å². The lowest BCUT2D eigenvalue weighted by atomic mass is 10.1. The SMILES string of the molecule is O=C(O)c1cccc(NCc2ccnc(OC3CCOCC3)c2)n1. The first-order valence-corrected chi connectivity index (χ1v) is 7.84. The zero-order chi connectivity index (χ0) is 16.8.